The van der Waals surface area contributed by atoms with Crippen LogP contribution < -0.4 is 11.2 Å². The predicted molar refractivity (Wildman–Crippen MR) is 101 cm³/mol. The number of alkyl halides is 3. The van der Waals surface area contributed by atoms with Gasteiger partial charge in [0.25, 0.3) is 0 Å². The average molecular weight is 442 g/mol. The van der Waals surface area contributed by atoms with E-state index in [1.807, 2.05) is 0 Å². The zero-order chi connectivity index (χ0) is 20.1. The van der Waals surface area contributed by atoms with Gasteiger partial charge in [-0.15, -0.1) is 0 Å². The minimum atomic E-state index is -4.49. The number of nitrogens with two attached hydrogens (primary N) is 1. The lowest BCUT2D eigenvalue weighted by Crippen LogP contribution is -2.27. The predicted octanol–water partition coefficient (Wildman–Crippen LogP) is 5.26. The molecule has 1 heterocycles. The number of hydrogen-bond acceptors (Lipinski definition) is 3. The number of amidine groups is 1. The SMILES string of the molecule is C=C1NN=C(N)c2cc(Br)c(F)c(C(C)c3cccc(C(F)(F)F)c3C)c21. The van der Waals surface area contributed by atoms with Crippen LogP contribution in [0.2, 0.25) is 0 Å². The van der Waals surface area contributed by atoms with E-state index >= 15 is 4.39 Å². The first-order chi connectivity index (χ1) is 12.5. The normalized spacial score (nSPS) is 15.1. The van der Waals surface area contributed by atoms with Gasteiger partial charge in [-0.1, -0.05) is 25.6 Å². The molecule has 3 N–H and O–H groups in total. The first-order valence-corrected chi connectivity index (χ1v) is 8.80. The van der Waals surface area contributed by atoms with Crippen molar-refractivity contribution < 1.29 is 17.6 Å². The molecule has 0 fully saturated rings. The van der Waals surface area contributed by atoms with E-state index in [0.717, 1.165) is 6.07 Å². The largest absolute Gasteiger partial charge is 0.416 e. The highest BCUT2D eigenvalue weighted by Gasteiger charge is 2.34. The Balaban J connectivity index is 2.27. The van der Waals surface area contributed by atoms with Gasteiger partial charge < -0.3 is 5.73 Å². The van der Waals surface area contributed by atoms with Crippen LogP contribution in [-0.2, 0) is 6.18 Å². The second-order valence-corrected chi connectivity index (χ2v) is 7.19. The number of nitrogens with one attached hydrogen (secondary N) is 1. The molecule has 0 radical (unpaired) electrons. The number of hydrazone groups is 1. The average Bonchev–Trinajstić information content (AvgIpc) is 2.58. The minimum Gasteiger partial charge on any atom is -0.382 e. The Morgan fingerprint density at radius 2 is 1.96 bits per heavy atom. The van der Waals surface area contributed by atoms with E-state index in [-0.39, 0.29) is 21.4 Å². The van der Waals surface area contributed by atoms with Gasteiger partial charge in [0, 0.05) is 22.6 Å². The van der Waals surface area contributed by atoms with Crippen molar-refractivity contribution in [3.05, 3.63) is 74.5 Å². The maximum absolute atomic E-state index is 15.1. The summed E-state index contributed by atoms with van der Waals surface area (Å²) in [7, 11) is 0. The van der Waals surface area contributed by atoms with Crippen LogP contribution in [0.1, 0.15) is 46.2 Å². The van der Waals surface area contributed by atoms with Crippen molar-refractivity contribution in [2.24, 2.45) is 10.8 Å². The molecule has 2 aromatic carbocycles. The molecule has 0 amide bonds. The first kappa shape index (κ1) is 19.4. The smallest absolute Gasteiger partial charge is 0.382 e. The van der Waals surface area contributed by atoms with Crippen LogP contribution in [0.3, 0.4) is 0 Å². The van der Waals surface area contributed by atoms with Crippen molar-refractivity contribution in [3.63, 3.8) is 0 Å². The molecule has 1 atom stereocenters. The standard InChI is InChI=1S/C19H16BrF4N3/c1-8-11(5-4-6-13(8)19(22,23)24)9(2)15-16-10(3)26-27-18(25)12(16)7-14(20)17(15)21/h4-7,9,26H,3H2,1-2H3,(H2,25,27). The summed E-state index contributed by atoms with van der Waals surface area (Å²) < 4.78 is 55.1. The van der Waals surface area contributed by atoms with E-state index in [9.17, 15) is 13.2 Å². The lowest BCUT2D eigenvalue weighted by atomic mass is 9.83. The van der Waals surface area contributed by atoms with E-state index in [0.29, 0.717) is 22.4 Å². The van der Waals surface area contributed by atoms with Crippen molar-refractivity contribution in [2.75, 3.05) is 0 Å². The highest BCUT2D eigenvalue weighted by molar-refractivity contribution is 9.10. The van der Waals surface area contributed by atoms with Crippen molar-refractivity contribution in [3.8, 4) is 0 Å². The van der Waals surface area contributed by atoms with E-state index in [1.54, 1.807) is 13.0 Å². The Hall–Kier alpha value is -2.35. The summed E-state index contributed by atoms with van der Waals surface area (Å²) in [5, 5.41) is 3.91. The van der Waals surface area contributed by atoms with Crippen molar-refractivity contribution in [1.29, 1.82) is 0 Å². The molecule has 27 heavy (non-hydrogen) atoms. The third-order valence-corrected chi connectivity index (χ3v) is 5.30. The summed E-state index contributed by atoms with van der Waals surface area (Å²) in [5.41, 5.74) is 9.64. The molecule has 0 bridgehead atoms. The molecule has 1 aliphatic rings. The Morgan fingerprint density at radius 3 is 2.59 bits per heavy atom. The van der Waals surface area contributed by atoms with Crippen LogP contribution in [0.15, 0.2) is 40.4 Å². The third kappa shape index (κ3) is 3.22. The fourth-order valence-electron chi connectivity index (χ4n) is 3.41. The molecule has 2 aromatic rings. The first-order valence-electron chi connectivity index (χ1n) is 8.01. The van der Waals surface area contributed by atoms with Gasteiger partial charge in [-0.3, -0.25) is 5.43 Å². The zero-order valence-electron chi connectivity index (χ0n) is 14.5. The van der Waals surface area contributed by atoms with Gasteiger partial charge in [0.2, 0.25) is 0 Å². The Kier molecular flexibility index (Phi) is 4.80. The van der Waals surface area contributed by atoms with Crippen LogP contribution in [-0.4, -0.2) is 5.84 Å². The van der Waals surface area contributed by atoms with Gasteiger partial charge in [0.05, 0.1) is 15.7 Å². The topological polar surface area (TPSA) is 50.4 Å². The summed E-state index contributed by atoms with van der Waals surface area (Å²) in [4.78, 5) is 0. The van der Waals surface area contributed by atoms with Crippen LogP contribution in [0.25, 0.3) is 5.70 Å². The lowest BCUT2D eigenvalue weighted by Gasteiger charge is -2.26. The molecule has 3 nitrogen and oxygen atoms in total. The summed E-state index contributed by atoms with van der Waals surface area (Å²) in [6.07, 6.45) is -4.49. The molecule has 0 saturated carbocycles. The van der Waals surface area contributed by atoms with Crippen LogP contribution in [0.4, 0.5) is 17.6 Å². The third-order valence-electron chi connectivity index (χ3n) is 4.73. The second kappa shape index (κ2) is 6.67. The molecular formula is C19H16BrF4N3. The van der Waals surface area contributed by atoms with E-state index < -0.39 is 23.5 Å². The molecule has 3 rings (SSSR count). The van der Waals surface area contributed by atoms with Crippen LogP contribution in [0.5, 0.6) is 0 Å². The van der Waals surface area contributed by atoms with Crippen molar-refractivity contribution in [2.45, 2.75) is 25.9 Å². The number of fused-ring (bicyclic) bond motifs is 1. The molecule has 0 aromatic heterocycles. The molecule has 1 unspecified atom stereocenters. The van der Waals surface area contributed by atoms with E-state index in [4.69, 9.17) is 5.73 Å². The van der Waals surface area contributed by atoms with Gasteiger partial charge >= 0.3 is 6.18 Å². The zero-order valence-corrected chi connectivity index (χ0v) is 16.1. The molecule has 1 aliphatic heterocycles. The summed E-state index contributed by atoms with van der Waals surface area (Å²) >= 11 is 3.16. The van der Waals surface area contributed by atoms with Crippen LogP contribution >= 0.6 is 15.9 Å². The number of rotatable bonds is 2. The van der Waals surface area contributed by atoms with Crippen LogP contribution in [0, 0.1) is 12.7 Å². The summed E-state index contributed by atoms with van der Waals surface area (Å²) in [6.45, 7) is 6.89. The Morgan fingerprint density at radius 1 is 1.30 bits per heavy atom. The maximum atomic E-state index is 15.1. The Bertz CT molecular complexity index is 980. The Labute approximate surface area is 162 Å². The monoisotopic (exact) mass is 441 g/mol. The molecule has 8 heteroatoms. The second-order valence-electron chi connectivity index (χ2n) is 6.34. The molecule has 142 valence electrons. The van der Waals surface area contributed by atoms with Gasteiger partial charge in [0.15, 0.2) is 5.84 Å². The van der Waals surface area contributed by atoms with E-state index in [1.165, 1.54) is 19.1 Å². The number of nitrogens with zero attached hydrogens (tertiary/aromatic N) is 1. The van der Waals surface area contributed by atoms with Crippen molar-refractivity contribution >= 4 is 27.5 Å². The fraction of sp³-hybridized carbons (Fsp3) is 0.211. The fourth-order valence-corrected chi connectivity index (χ4v) is 3.85. The highest BCUT2D eigenvalue weighted by atomic mass is 79.9. The van der Waals surface area contributed by atoms with E-state index in [2.05, 4.69) is 33.0 Å². The van der Waals surface area contributed by atoms with Gasteiger partial charge in [-0.05, 0) is 46.1 Å². The van der Waals surface area contributed by atoms with Gasteiger partial charge in [-0.25, -0.2) is 4.39 Å². The summed E-state index contributed by atoms with van der Waals surface area (Å²) in [6, 6.07) is 5.40. The molecule has 0 saturated heterocycles. The number of benzene rings is 2. The minimum absolute atomic E-state index is 0.0571. The van der Waals surface area contributed by atoms with Gasteiger partial charge in [-0.2, -0.15) is 18.3 Å². The molecule has 0 spiro atoms. The van der Waals surface area contributed by atoms with Gasteiger partial charge in [0.1, 0.15) is 5.82 Å². The van der Waals surface area contributed by atoms with Crippen molar-refractivity contribution in [1.82, 2.24) is 5.43 Å². The highest BCUT2D eigenvalue weighted by Crippen LogP contribution is 2.41. The molecule has 0 aliphatic carbocycles. The number of hydrogen-bond donors (Lipinski definition) is 2. The lowest BCUT2D eigenvalue weighted by molar-refractivity contribution is -0.138. The quantitative estimate of drug-likeness (QED) is 0.624. The summed E-state index contributed by atoms with van der Waals surface area (Å²) in [5.74, 6) is -1.11. The maximum Gasteiger partial charge on any atom is 0.416 e. The molecular weight excluding hydrogens is 426 g/mol. The number of halogens is 5.